The van der Waals surface area contributed by atoms with Crippen LogP contribution in [0.1, 0.15) is 62.8 Å². The molecule has 0 aromatic heterocycles. The molecule has 5 heteroatoms. The maximum Gasteiger partial charge on any atom is 0.328 e. The van der Waals surface area contributed by atoms with Crippen molar-refractivity contribution in [2.24, 2.45) is 0 Å². The van der Waals surface area contributed by atoms with E-state index in [1.807, 2.05) is 24.3 Å². The highest BCUT2D eigenvalue weighted by Crippen LogP contribution is 2.50. The lowest BCUT2D eigenvalue weighted by Gasteiger charge is -2.42. The van der Waals surface area contributed by atoms with E-state index in [1.54, 1.807) is 31.4 Å². The Bertz CT molecular complexity index is 1320. The second-order valence-corrected chi connectivity index (χ2v) is 10.8. The molecule has 0 aliphatic heterocycles. The van der Waals surface area contributed by atoms with E-state index in [2.05, 4.69) is 39.8 Å². The van der Waals surface area contributed by atoms with Gasteiger partial charge in [-0.05, 0) is 88.4 Å². The number of benzene rings is 3. The van der Waals surface area contributed by atoms with E-state index in [9.17, 15) is 9.90 Å². The fourth-order valence-electron chi connectivity index (χ4n) is 4.94. The minimum absolute atomic E-state index is 0.00257. The quantitative estimate of drug-likeness (QED) is 0.349. The van der Waals surface area contributed by atoms with Crippen LogP contribution >= 0.6 is 0 Å². The van der Waals surface area contributed by atoms with Gasteiger partial charge in [0.05, 0.1) is 7.11 Å². The molecule has 188 valence electrons. The number of phenolic OH excluding ortho intramolecular Hbond substituents is 1. The molecule has 36 heavy (non-hydrogen) atoms. The molecule has 1 aliphatic carbocycles. The lowest BCUT2D eigenvalue weighted by atomic mass is 9.62. The predicted octanol–water partition coefficient (Wildman–Crippen LogP) is 7.09. The molecule has 0 saturated carbocycles. The number of ether oxygens (including phenoxy) is 2. The van der Waals surface area contributed by atoms with Gasteiger partial charge in [-0.1, -0.05) is 45.9 Å². The van der Waals surface area contributed by atoms with Crippen molar-refractivity contribution in [2.45, 2.75) is 58.0 Å². The van der Waals surface area contributed by atoms with Gasteiger partial charge in [0.1, 0.15) is 23.9 Å². The van der Waals surface area contributed by atoms with Gasteiger partial charge in [0.25, 0.3) is 0 Å². The summed E-state index contributed by atoms with van der Waals surface area (Å²) >= 11 is 0. The molecule has 0 spiro atoms. The predicted molar refractivity (Wildman–Crippen MR) is 143 cm³/mol. The molecule has 4 rings (SSSR count). The molecule has 5 nitrogen and oxygen atoms in total. The number of carbonyl (C=O) groups is 1. The molecule has 3 aromatic rings. The zero-order valence-corrected chi connectivity index (χ0v) is 21.6. The number of rotatable bonds is 7. The van der Waals surface area contributed by atoms with E-state index in [0.29, 0.717) is 12.4 Å². The van der Waals surface area contributed by atoms with Gasteiger partial charge in [-0.3, -0.25) is 0 Å². The van der Waals surface area contributed by atoms with Crippen molar-refractivity contribution in [1.29, 1.82) is 0 Å². The van der Waals surface area contributed by atoms with Crippen LogP contribution in [0.25, 0.3) is 17.2 Å². The van der Waals surface area contributed by atoms with Crippen LogP contribution in [-0.4, -0.2) is 23.3 Å². The smallest absolute Gasteiger partial charge is 0.328 e. The molecule has 1 aliphatic rings. The van der Waals surface area contributed by atoms with Crippen LogP contribution in [0.4, 0.5) is 0 Å². The van der Waals surface area contributed by atoms with Crippen LogP contribution in [0.2, 0.25) is 0 Å². The number of carboxylic acids is 1. The SMILES string of the molecule is COc1ccc(C=CC(=O)O)cc1-c1cc2c(cc1OCc1cccc(O)c1)C(C)(C)CCC2(C)C. The average molecular weight is 487 g/mol. The Morgan fingerprint density at radius 1 is 0.917 bits per heavy atom. The van der Waals surface area contributed by atoms with Crippen LogP contribution in [0.5, 0.6) is 17.2 Å². The summed E-state index contributed by atoms with van der Waals surface area (Å²) in [6.45, 7) is 9.41. The second kappa shape index (κ2) is 9.73. The Labute approximate surface area is 213 Å². The molecule has 0 saturated heterocycles. The van der Waals surface area contributed by atoms with Crippen LogP contribution < -0.4 is 9.47 Å². The molecule has 0 bridgehead atoms. The number of hydrogen-bond acceptors (Lipinski definition) is 4. The molecule has 3 aromatic carbocycles. The highest BCUT2D eigenvalue weighted by molar-refractivity contribution is 5.86. The first-order valence-electron chi connectivity index (χ1n) is 12.2. The molecule has 2 N–H and O–H groups in total. The summed E-state index contributed by atoms with van der Waals surface area (Å²) in [7, 11) is 1.63. The van der Waals surface area contributed by atoms with Crippen molar-refractivity contribution in [1.82, 2.24) is 0 Å². The van der Waals surface area contributed by atoms with Crippen molar-refractivity contribution >= 4 is 12.0 Å². The van der Waals surface area contributed by atoms with Crippen LogP contribution in [0, 0.1) is 0 Å². The van der Waals surface area contributed by atoms with E-state index >= 15 is 0 Å². The van der Waals surface area contributed by atoms with E-state index in [4.69, 9.17) is 14.6 Å². The van der Waals surface area contributed by atoms with Crippen LogP contribution in [-0.2, 0) is 22.2 Å². The Morgan fingerprint density at radius 2 is 1.58 bits per heavy atom. The summed E-state index contributed by atoms with van der Waals surface area (Å²) in [5.74, 6) is 0.600. The zero-order valence-electron chi connectivity index (χ0n) is 21.6. The molecule has 0 amide bonds. The van der Waals surface area contributed by atoms with Gasteiger partial charge in [-0.2, -0.15) is 0 Å². The van der Waals surface area contributed by atoms with Crippen molar-refractivity contribution in [3.8, 4) is 28.4 Å². The maximum absolute atomic E-state index is 11.1. The highest BCUT2D eigenvalue weighted by Gasteiger charge is 2.38. The molecule has 0 atom stereocenters. The third kappa shape index (κ3) is 5.25. The highest BCUT2D eigenvalue weighted by atomic mass is 16.5. The normalized spacial score (nSPS) is 15.9. The summed E-state index contributed by atoms with van der Waals surface area (Å²) in [4.78, 5) is 11.1. The van der Waals surface area contributed by atoms with Gasteiger partial charge in [-0.25, -0.2) is 4.79 Å². The van der Waals surface area contributed by atoms with Crippen molar-refractivity contribution in [3.05, 3.63) is 82.9 Å². The number of methoxy groups -OCH3 is 1. The fourth-order valence-corrected chi connectivity index (χ4v) is 4.94. The Balaban J connectivity index is 1.90. The summed E-state index contributed by atoms with van der Waals surface area (Å²) in [6.07, 6.45) is 4.86. The second-order valence-electron chi connectivity index (χ2n) is 10.8. The third-order valence-corrected chi connectivity index (χ3v) is 7.19. The largest absolute Gasteiger partial charge is 0.508 e. The molecule has 0 fully saturated rings. The van der Waals surface area contributed by atoms with Crippen molar-refractivity contribution in [3.63, 3.8) is 0 Å². The third-order valence-electron chi connectivity index (χ3n) is 7.19. The molecule has 0 unspecified atom stereocenters. The molecular weight excluding hydrogens is 452 g/mol. The first kappa shape index (κ1) is 25.4. The van der Waals surface area contributed by atoms with Gasteiger partial charge in [-0.15, -0.1) is 0 Å². The summed E-state index contributed by atoms with van der Waals surface area (Å²) < 4.78 is 12.1. The van der Waals surface area contributed by atoms with Gasteiger partial charge in [0.2, 0.25) is 0 Å². The number of carboxylic acid groups (broad SMARTS) is 1. The van der Waals surface area contributed by atoms with E-state index in [-0.39, 0.29) is 16.6 Å². The Morgan fingerprint density at radius 3 is 2.22 bits per heavy atom. The average Bonchev–Trinajstić information content (AvgIpc) is 2.84. The number of hydrogen-bond donors (Lipinski definition) is 2. The zero-order chi connectivity index (χ0) is 26.1. The van der Waals surface area contributed by atoms with Gasteiger partial charge in [0, 0.05) is 17.2 Å². The number of phenols is 1. The lowest BCUT2D eigenvalue weighted by Crippen LogP contribution is -2.33. The van der Waals surface area contributed by atoms with Crippen molar-refractivity contribution < 1.29 is 24.5 Å². The van der Waals surface area contributed by atoms with E-state index in [1.165, 1.54) is 11.1 Å². The number of aliphatic carboxylic acids is 1. The van der Waals surface area contributed by atoms with Crippen LogP contribution in [0.3, 0.4) is 0 Å². The van der Waals surface area contributed by atoms with Gasteiger partial charge in [0.15, 0.2) is 0 Å². The van der Waals surface area contributed by atoms with E-state index in [0.717, 1.165) is 46.9 Å². The minimum atomic E-state index is -1.000. The summed E-state index contributed by atoms with van der Waals surface area (Å²) in [5.41, 5.74) is 5.90. The number of fused-ring (bicyclic) bond motifs is 1. The standard InChI is InChI=1S/C31H34O5/c1-30(2)13-14-31(3,4)26-18-28(36-19-21-7-6-8-22(32)15-21)24(17-25(26)30)23-16-20(10-12-29(33)34)9-11-27(23)35-5/h6-12,15-18,32H,13-14,19H2,1-5H3,(H,33,34). The molecule has 0 heterocycles. The van der Waals surface area contributed by atoms with Gasteiger partial charge >= 0.3 is 5.97 Å². The lowest BCUT2D eigenvalue weighted by molar-refractivity contribution is -0.131. The van der Waals surface area contributed by atoms with Crippen LogP contribution in [0.15, 0.2) is 60.7 Å². The van der Waals surface area contributed by atoms with Gasteiger partial charge < -0.3 is 19.7 Å². The molecular formula is C31H34O5. The number of aromatic hydroxyl groups is 1. The topological polar surface area (TPSA) is 76.0 Å². The minimum Gasteiger partial charge on any atom is -0.508 e. The first-order valence-corrected chi connectivity index (χ1v) is 12.2. The Hall–Kier alpha value is -3.73. The Kier molecular flexibility index (Phi) is 6.85. The molecule has 0 radical (unpaired) electrons. The van der Waals surface area contributed by atoms with E-state index < -0.39 is 5.97 Å². The fraction of sp³-hybridized carbons (Fsp3) is 0.323. The summed E-state index contributed by atoms with van der Waals surface area (Å²) in [6, 6.07) is 17.1. The maximum atomic E-state index is 11.1. The summed E-state index contributed by atoms with van der Waals surface area (Å²) in [5, 5.41) is 19.0. The monoisotopic (exact) mass is 486 g/mol. The van der Waals surface area contributed by atoms with Crippen molar-refractivity contribution in [2.75, 3.05) is 7.11 Å². The first-order chi connectivity index (χ1) is 17.0.